The van der Waals surface area contributed by atoms with Gasteiger partial charge < -0.3 is 15.5 Å². The zero-order valence-corrected chi connectivity index (χ0v) is 14.9. The molecule has 26 heavy (non-hydrogen) atoms. The van der Waals surface area contributed by atoms with Gasteiger partial charge in [0.25, 0.3) is 11.5 Å². The third-order valence-electron chi connectivity index (χ3n) is 4.09. The van der Waals surface area contributed by atoms with Gasteiger partial charge in [-0.2, -0.15) is 0 Å². The van der Waals surface area contributed by atoms with E-state index < -0.39 is 11.5 Å². The smallest absolute Gasteiger partial charge is 0.274 e. The maximum absolute atomic E-state index is 12.5. The number of benzene rings is 1. The van der Waals surface area contributed by atoms with E-state index in [1.54, 1.807) is 31.1 Å². The molecule has 0 atom stereocenters. The van der Waals surface area contributed by atoms with Crippen molar-refractivity contribution in [2.24, 2.45) is 5.92 Å². The number of H-pyrrole nitrogens is 1. The van der Waals surface area contributed by atoms with E-state index in [2.05, 4.69) is 20.6 Å². The molecule has 0 unspecified atom stereocenters. The number of aromatic amines is 1. The normalized spacial score (nSPS) is 13.2. The Labute approximate surface area is 150 Å². The number of aryl methyl sites for hydroxylation is 1. The van der Waals surface area contributed by atoms with E-state index in [0.29, 0.717) is 17.3 Å². The summed E-state index contributed by atoms with van der Waals surface area (Å²) in [5, 5.41) is 5.60. The summed E-state index contributed by atoms with van der Waals surface area (Å²) in [6.07, 6.45) is 1.84. The van der Waals surface area contributed by atoms with Crippen LogP contribution in [0.3, 0.4) is 0 Å². The van der Waals surface area contributed by atoms with Crippen molar-refractivity contribution in [2.45, 2.75) is 19.8 Å². The number of hydrogen-bond acceptors (Lipinski definition) is 5. The molecule has 2 amide bonds. The van der Waals surface area contributed by atoms with Crippen molar-refractivity contribution in [1.29, 1.82) is 0 Å². The summed E-state index contributed by atoms with van der Waals surface area (Å²) in [4.78, 5) is 44.5. The molecule has 0 saturated heterocycles. The molecular weight excluding hydrogens is 334 g/mol. The molecule has 0 bridgehead atoms. The number of amides is 2. The van der Waals surface area contributed by atoms with E-state index in [-0.39, 0.29) is 17.5 Å². The number of nitrogens with zero attached hydrogens (tertiary/aromatic N) is 2. The fraction of sp³-hybridized carbons (Fsp3) is 0.333. The molecule has 1 heterocycles. The number of anilines is 3. The molecule has 1 aromatic carbocycles. The highest BCUT2D eigenvalue weighted by atomic mass is 16.2. The number of aromatic nitrogens is 2. The van der Waals surface area contributed by atoms with Gasteiger partial charge in [-0.15, -0.1) is 0 Å². The van der Waals surface area contributed by atoms with Crippen molar-refractivity contribution in [1.82, 2.24) is 9.97 Å². The second-order valence-corrected chi connectivity index (χ2v) is 6.60. The molecular formula is C18H21N5O3. The zero-order valence-electron chi connectivity index (χ0n) is 14.9. The van der Waals surface area contributed by atoms with Crippen molar-refractivity contribution in [2.75, 3.05) is 29.6 Å². The van der Waals surface area contributed by atoms with Gasteiger partial charge >= 0.3 is 0 Å². The lowest BCUT2D eigenvalue weighted by atomic mass is 10.1. The first-order valence-corrected chi connectivity index (χ1v) is 8.35. The molecule has 1 aromatic heterocycles. The summed E-state index contributed by atoms with van der Waals surface area (Å²) in [7, 11) is 3.44. The van der Waals surface area contributed by atoms with E-state index in [4.69, 9.17) is 0 Å². The monoisotopic (exact) mass is 355 g/mol. The zero-order chi connectivity index (χ0) is 18.8. The van der Waals surface area contributed by atoms with Crippen molar-refractivity contribution in [3.8, 4) is 0 Å². The molecule has 1 fully saturated rings. The molecule has 1 aliphatic carbocycles. The quantitative estimate of drug-likeness (QED) is 0.757. The first-order chi connectivity index (χ1) is 12.3. The van der Waals surface area contributed by atoms with Crippen LogP contribution in [0.2, 0.25) is 0 Å². The Morgan fingerprint density at radius 1 is 1.19 bits per heavy atom. The van der Waals surface area contributed by atoms with E-state index >= 15 is 0 Å². The van der Waals surface area contributed by atoms with Crippen LogP contribution in [0.15, 0.2) is 29.1 Å². The summed E-state index contributed by atoms with van der Waals surface area (Å²) in [5.41, 5.74) is 1.62. The van der Waals surface area contributed by atoms with E-state index in [1.165, 1.54) is 0 Å². The van der Waals surface area contributed by atoms with Gasteiger partial charge in [-0.05, 0) is 37.5 Å². The summed E-state index contributed by atoms with van der Waals surface area (Å²) in [6.45, 7) is 1.85. The predicted octanol–water partition coefficient (Wildman–Crippen LogP) is 1.75. The molecule has 8 nitrogen and oxygen atoms in total. The van der Waals surface area contributed by atoms with E-state index in [1.807, 2.05) is 13.0 Å². The molecule has 0 spiro atoms. The first-order valence-electron chi connectivity index (χ1n) is 8.35. The van der Waals surface area contributed by atoms with E-state index in [9.17, 15) is 14.4 Å². The Morgan fingerprint density at radius 3 is 2.58 bits per heavy atom. The van der Waals surface area contributed by atoms with Crippen LogP contribution in [-0.4, -0.2) is 35.9 Å². The van der Waals surface area contributed by atoms with Gasteiger partial charge in [0.05, 0.1) is 0 Å². The predicted molar refractivity (Wildman–Crippen MR) is 99.7 cm³/mol. The minimum Gasteiger partial charge on any atom is -0.348 e. The van der Waals surface area contributed by atoms with Crippen LogP contribution in [-0.2, 0) is 4.79 Å². The second-order valence-electron chi connectivity index (χ2n) is 6.60. The summed E-state index contributed by atoms with van der Waals surface area (Å²) in [5.74, 6) is -0.102. The fourth-order valence-electron chi connectivity index (χ4n) is 2.38. The van der Waals surface area contributed by atoms with Crippen LogP contribution < -0.4 is 21.1 Å². The van der Waals surface area contributed by atoms with Gasteiger partial charge in [0.1, 0.15) is 5.69 Å². The summed E-state index contributed by atoms with van der Waals surface area (Å²) < 4.78 is 0. The summed E-state index contributed by atoms with van der Waals surface area (Å²) in [6, 6.07) is 6.46. The van der Waals surface area contributed by atoms with Crippen LogP contribution in [0.5, 0.6) is 0 Å². The Balaban J connectivity index is 1.80. The summed E-state index contributed by atoms with van der Waals surface area (Å²) >= 11 is 0. The average Bonchev–Trinajstić information content (AvgIpc) is 3.42. The molecule has 1 saturated carbocycles. The Bertz CT molecular complexity index is 915. The highest BCUT2D eigenvalue weighted by molar-refractivity contribution is 6.04. The van der Waals surface area contributed by atoms with Gasteiger partial charge in [0, 0.05) is 37.5 Å². The van der Waals surface area contributed by atoms with Crippen LogP contribution in [0.4, 0.5) is 17.3 Å². The lowest BCUT2D eigenvalue weighted by molar-refractivity contribution is -0.117. The van der Waals surface area contributed by atoms with Gasteiger partial charge in [-0.3, -0.25) is 19.4 Å². The van der Waals surface area contributed by atoms with Crippen molar-refractivity contribution in [3.05, 3.63) is 45.9 Å². The van der Waals surface area contributed by atoms with Gasteiger partial charge in [0.2, 0.25) is 11.9 Å². The number of hydrogen-bond donors (Lipinski definition) is 3. The third kappa shape index (κ3) is 4.08. The second kappa shape index (κ2) is 6.99. The molecule has 2 aromatic rings. The van der Waals surface area contributed by atoms with Crippen molar-refractivity contribution < 1.29 is 9.59 Å². The van der Waals surface area contributed by atoms with Crippen LogP contribution in [0, 0.1) is 12.8 Å². The molecule has 136 valence electrons. The Morgan fingerprint density at radius 2 is 1.92 bits per heavy atom. The Hall–Kier alpha value is -3.16. The van der Waals surface area contributed by atoms with Gasteiger partial charge in [-0.1, -0.05) is 6.07 Å². The molecule has 1 aliphatic rings. The largest absolute Gasteiger partial charge is 0.348 e. The Kier molecular flexibility index (Phi) is 4.75. The highest BCUT2D eigenvalue weighted by Crippen LogP contribution is 2.30. The first kappa shape index (κ1) is 17.7. The third-order valence-corrected chi connectivity index (χ3v) is 4.09. The lowest BCUT2D eigenvalue weighted by Gasteiger charge is -2.13. The SMILES string of the molecule is Cc1ccc(NC(=O)C2CC2)cc1NC(=O)c1cc(=O)[nH]c(N(C)C)n1. The van der Waals surface area contributed by atoms with E-state index in [0.717, 1.165) is 24.5 Å². The topological polar surface area (TPSA) is 107 Å². The highest BCUT2D eigenvalue weighted by Gasteiger charge is 2.29. The minimum atomic E-state index is -0.493. The van der Waals surface area contributed by atoms with Crippen LogP contribution >= 0.6 is 0 Å². The lowest BCUT2D eigenvalue weighted by Crippen LogP contribution is -2.23. The number of carbonyl (C=O) groups is 2. The average molecular weight is 355 g/mol. The minimum absolute atomic E-state index is 0.00184. The van der Waals surface area contributed by atoms with Crippen molar-refractivity contribution >= 4 is 29.1 Å². The van der Waals surface area contributed by atoms with Gasteiger partial charge in [0.15, 0.2) is 0 Å². The fourth-order valence-corrected chi connectivity index (χ4v) is 2.38. The standard InChI is InChI=1S/C18H21N5O3/c1-10-4-7-12(19-16(25)11-5-6-11)8-13(10)20-17(26)14-9-15(24)22-18(21-14)23(2)3/h4,7-9,11H,5-6H2,1-3H3,(H,19,25)(H,20,26)(H,21,22,24). The maximum Gasteiger partial charge on any atom is 0.274 e. The van der Waals surface area contributed by atoms with Crippen LogP contribution in [0.1, 0.15) is 28.9 Å². The number of nitrogens with one attached hydrogen (secondary N) is 3. The molecule has 8 heteroatoms. The van der Waals surface area contributed by atoms with Crippen molar-refractivity contribution in [3.63, 3.8) is 0 Å². The number of rotatable bonds is 5. The molecule has 3 N–H and O–H groups in total. The maximum atomic E-state index is 12.5. The van der Waals surface area contributed by atoms with Crippen LogP contribution in [0.25, 0.3) is 0 Å². The molecule has 3 rings (SSSR count). The molecule has 0 radical (unpaired) electrons. The van der Waals surface area contributed by atoms with Gasteiger partial charge in [-0.25, -0.2) is 4.98 Å². The number of carbonyl (C=O) groups excluding carboxylic acids is 2. The molecule has 0 aliphatic heterocycles.